The third kappa shape index (κ3) is 4.39. The Hall–Kier alpha value is -1.64. The number of hydrogen-bond donors (Lipinski definition) is 0. The molecule has 2 aromatic heterocycles. The summed E-state index contributed by atoms with van der Waals surface area (Å²) in [6.07, 6.45) is 3.68. The Morgan fingerprint density at radius 2 is 1.65 bits per heavy atom. The molecule has 0 fully saturated rings. The fourth-order valence-electron chi connectivity index (χ4n) is 1.33. The van der Waals surface area contributed by atoms with Crippen LogP contribution in [0.25, 0.3) is 5.69 Å². The fraction of sp³-hybridized carbons (Fsp3) is 0.429. The van der Waals surface area contributed by atoms with Gasteiger partial charge in [-0.2, -0.15) is 5.10 Å². The first-order valence-electron chi connectivity index (χ1n) is 6.21. The molecule has 2 heterocycles. The summed E-state index contributed by atoms with van der Waals surface area (Å²) < 4.78 is 1.82. The van der Waals surface area contributed by atoms with Crippen LogP contribution >= 0.6 is 0 Å². The second-order valence-corrected chi connectivity index (χ2v) is 3.01. The highest BCUT2D eigenvalue weighted by atomic mass is 15.3. The van der Waals surface area contributed by atoms with Crippen molar-refractivity contribution >= 4 is 0 Å². The van der Waals surface area contributed by atoms with Gasteiger partial charge in [-0.25, -0.2) is 4.68 Å². The van der Waals surface area contributed by atoms with E-state index in [2.05, 4.69) is 10.1 Å². The molecule has 0 aliphatic rings. The minimum atomic E-state index is 1.00. The zero-order valence-electron chi connectivity index (χ0n) is 11.7. The van der Waals surface area contributed by atoms with Gasteiger partial charge in [-0.1, -0.05) is 27.7 Å². The van der Waals surface area contributed by atoms with Crippen LogP contribution in [-0.2, 0) is 0 Å². The monoisotopic (exact) mass is 233 g/mol. The molecule has 94 valence electrons. The Kier molecular flexibility index (Phi) is 7.68. The second-order valence-electron chi connectivity index (χ2n) is 3.01. The highest BCUT2D eigenvalue weighted by molar-refractivity contribution is 5.35. The summed E-state index contributed by atoms with van der Waals surface area (Å²) in [7, 11) is 0. The molecule has 0 amide bonds. The molecule has 0 saturated heterocycles. The van der Waals surface area contributed by atoms with Gasteiger partial charge in [0, 0.05) is 18.1 Å². The van der Waals surface area contributed by atoms with Crippen molar-refractivity contribution in [3.63, 3.8) is 0 Å². The van der Waals surface area contributed by atoms with Gasteiger partial charge in [0.2, 0.25) is 0 Å². The van der Waals surface area contributed by atoms with Crippen molar-refractivity contribution in [3.05, 3.63) is 42.0 Å². The lowest BCUT2D eigenvalue weighted by atomic mass is 10.3. The van der Waals surface area contributed by atoms with Gasteiger partial charge < -0.3 is 0 Å². The molecule has 3 heteroatoms. The van der Waals surface area contributed by atoms with Gasteiger partial charge in [-0.3, -0.25) is 4.98 Å². The van der Waals surface area contributed by atoms with Crippen molar-refractivity contribution < 1.29 is 0 Å². The van der Waals surface area contributed by atoms with Gasteiger partial charge in [0.15, 0.2) is 0 Å². The first-order valence-corrected chi connectivity index (χ1v) is 6.21. The lowest BCUT2D eigenvalue weighted by Crippen LogP contribution is -1.99. The first-order chi connectivity index (χ1) is 8.27. The Morgan fingerprint density at radius 1 is 1.00 bits per heavy atom. The molecular formula is C14H23N3. The van der Waals surface area contributed by atoms with Gasteiger partial charge in [0.25, 0.3) is 0 Å². The van der Waals surface area contributed by atoms with Crippen LogP contribution < -0.4 is 0 Å². The average molecular weight is 233 g/mol. The third-order valence-electron chi connectivity index (χ3n) is 1.95. The van der Waals surface area contributed by atoms with E-state index in [1.165, 1.54) is 0 Å². The van der Waals surface area contributed by atoms with Crippen molar-refractivity contribution in [2.24, 2.45) is 0 Å². The Balaban J connectivity index is 0.000000581. The third-order valence-corrected chi connectivity index (χ3v) is 1.95. The number of aromatic nitrogens is 3. The molecule has 3 nitrogen and oxygen atoms in total. The van der Waals surface area contributed by atoms with E-state index in [9.17, 15) is 0 Å². The molecule has 2 aromatic rings. The van der Waals surface area contributed by atoms with E-state index in [0.29, 0.717) is 0 Å². The smallest absolute Gasteiger partial charge is 0.0858 e. The van der Waals surface area contributed by atoms with E-state index in [4.69, 9.17) is 0 Å². The summed E-state index contributed by atoms with van der Waals surface area (Å²) in [4.78, 5) is 4.37. The maximum absolute atomic E-state index is 4.37. The molecule has 0 aliphatic carbocycles. The molecule has 0 bridgehead atoms. The molecular weight excluding hydrogens is 210 g/mol. The van der Waals surface area contributed by atoms with Crippen molar-refractivity contribution in [1.82, 2.24) is 14.8 Å². The van der Waals surface area contributed by atoms with Gasteiger partial charge in [0.05, 0.1) is 11.4 Å². The van der Waals surface area contributed by atoms with Crippen LogP contribution in [0.5, 0.6) is 0 Å². The Labute approximate surface area is 105 Å². The topological polar surface area (TPSA) is 30.7 Å². The summed E-state index contributed by atoms with van der Waals surface area (Å²) in [6.45, 7) is 12.0. The molecule has 0 aliphatic heterocycles. The van der Waals surface area contributed by atoms with E-state index in [1.807, 2.05) is 70.6 Å². The molecule has 0 saturated carbocycles. The Morgan fingerprint density at radius 3 is 2.12 bits per heavy atom. The number of nitrogens with zero attached hydrogens (tertiary/aromatic N) is 3. The predicted octanol–water partition coefficient (Wildman–Crippen LogP) is 3.94. The van der Waals surface area contributed by atoms with Crippen molar-refractivity contribution in [1.29, 1.82) is 0 Å². The maximum atomic E-state index is 4.37. The Bertz CT molecular complexity index is 405. The highest BCUT2D eigenvalue weighted by Crippen LogP contribution is 2.10. The second kappa shape index (κ2) is 8.50. The van der Waals surface area contributed by atoms with Crippen molar-refractivity contribution in [2.45, 2.75) is 41.5 Å². The van der Waals surface area contributed by atoms with E-state index in [1.54, 1.807) is 6.20 Å². The molecule has 0 N–H and O–H groups in total. The predicted molar refractivity (Wildman–Crippen MR) is 73.5 cm³/mol. The van der Waals surface area contributed by atoms with E-state index < -0.39 is 0 Å². The molecule has 0 unspecified atom stereocenters. The van der Waals surface area contributed by atoms with E-state index >= 15 is 0 Å². The first kappa shape index (κ1) is 15.4. The zero-order chi connectivity index (χ0) is 13.3. The van der Waals surface area contributed by atoms with Crippen LogP contribution in [0, 0.1) is 13.8 Å². The lowest BCUT2D eigenvalue weighted by molar-refractivity contribution is 0.858. The average Bonchev–Trinajstić information content (AvgIpc) is 2.88. The van der Waals surface area contributed by atoms with Crippen molar-refractivity contribution in [2.75, 3.05) is 0 Å². The summed E-state index contributed by atoms with van der Waals surface area (Å²) in [5.41, 5.74) is 3.08. The summed E-state index contributed by atoms with van der Waals surface area (Å²) in [5, 5.41) is 4.15. The molecule has 17 heavy (non-hydrogen) atoms. The number of pyridine rings is 1. The maximum Gasteiger partial charge on any atom is 0.0858 e. The number of aryl methyl sites for hydroxylation is 2. The standard InChI is InChI=1S/C10H11N3.2C2H6/c1-8-4-5-10(9(2)12-8)13-7-3-6-11-13;2*1-2/h3-7H,1-2H3;2*1-2H3. The van der Waals surface area contributed by atoms with Crippen LogP contribution in [0.4, 0.5) is 0 Å². The van der Waals surface area contributed by atoms with Gasteiger partial charge in [-0.05, 0) is 32.0 Å². The fourth-order valence-corrected chi connectivity index (χ4v) is 1.33. The zero-order valence-corrected chi connectivity index (χ0v) is 11.7. The van der Waals surface area contributed by atoms with E-state index in [-0.39, 0.29) is 0 Å². The normalized spacial score (nSPS) is 8.59. The lowest BCUT2D eigenvalue weighted by Gasteiger charge is -2.04. The summed E-state index contributed by atoms with van der Waals surface area (Å²) in [6, 6.07) is 5.92. The van der Waals surface area contributed by atoms with Crippen LogP contribution in [-0.4, -0.2) is 14.8 Å². The van der Waals surface area contributed by atoms with Gasteiger partial charge >= 0.3 is 0 Å². The van der Waals surface area contributed by atoms with Gasteiger partial charge in [-0.15, -0.1) is 0 Å². The SMILES string of the molecule is CC.CC.Cc1ccc(-n2cccn2)c(C)n1. The van der Waals surface area contributed by atoms with Crippen LogP contribution in [0.1, 0.15) is 39.1 Å². The van der Waals surface area contributed by atoms with Crippen LogP contribution in [0.2, 0.25) is 0 Å². The molecule has 0 atom stereocenters. The molecule has 0 aromatic carbocycles. The molecule has 0 radical (unpaired) electrons. The summed E-state index contributed by atoms with van der Waals surface area (Å²) >= 11 is 0. The minimum Gasteiger partial charge on any atom is -0.256 e. The molecule has 0 spiro atoms. The van der Waals surface area contributed by atoms with E-state index in [0.717, 1.165) is 17.1 Å². The largest absolute Gasteiger partial charge is 0.256 e. The van der Waals surface area contributed by atoms with Crippen molar-refractivity contribution in [3.8, 4) is 5.69 Å². The summed E-state index contributed by atoms with van der Waals surface area (Å²) in [5.74, 6) is 0. The van der Waals surface area contributed by atoms with Crippen LogP contribution in [0.15, 0.2) is 30.6 Å². The molecule has 2 rings (SSSR count). The quantitative estimate of drug-likeness (QED) is 0.747. The minimum absolute atomic E-state index is 1.00. The number of hydrogen-bond acceptors (Lipinski definition) is 2. The van der Waals surface area contributed by atoms with Gasteiger partial charge in [0.1, 0.15) is 0 Å². The van der Waals surface area contributed by atoms with Crippen LogP contribution in [0.3, 0.4) is 0 Å². The number of rotatable bonds is 1. The highest BCUT2D eigenvalue weighted by Gasteiger charge is 2.01.